The molecule has 0 amide bonds. The van der Waals surface area contributed by atoms with E-state index in [1.165, 1.54) is 12.2 Å². The first-order valence-corrected chi connectivity index (χ1v) is 9.87. The highest BCUT2D eigenvalue weighted by Crippen LogP contribution is 2.38. The molecule has 6 heteroatoms. The number of allylic oxidation sites excluding steroid dienone is 2. The Kier molecular flexibility index (Phi) is 6.98. The van der Waals surface area contributed by atoms with E-state index in [1.807, 2.05) is 6.92 Å². The minimum atomic E-state index is -0.803. The number of pyridine rings is 1. The fourth-order valence-corrected chi connectivity index (χ4v) is 3.88. The number of carbonyl (C=O) groups is 2. The Hall–Kier alpha value is -2.47. The molecule has 1 aromatic heterocycles. The van der Waals surface area contributed by atoms with Crippen LogP contribution in [0.1, 0.15) is 49.4 Å². The number of aromatic nitrogens is 1. The van der Waals surface area contributed by atoms with Crippen LogP contribution in [-0.4, -0.2) is 40.3 Å². The lowest BCUT2D eigenvalue weighted by molar-refractivity contribution is -0.142. The fourth-order valence-electron chi connectivity index (χ4n) is 3.88. The van der Waals surface area contributed by atoms with Crippen LogP contribution in [0.15, 0.2) is 48.8 Å². The van der Waals surface area contributed by atoms with Gasteiger partial charge >= 0.3 is 11.9 Å². The Morgan fingerprint density at radius 3 is 2.82 bits per heavy atom. The molecule has 0 aromatic carbocycles. The second-order valence-corrected chi connectivity index (χ2v) is 7.52. The van der Waals surface area contributed by atoms with Crippen LogP contribution in [0.3, 0.4) is 0 Å². The minimum Gasteiger partial charge on any atom is -0.460 e. The van der Waals surface area contributed by atoms with E-state index in [9.17, 15) is 14.7 Å². The fraction of sp³-hybridized carbons (Fsp3) is 0.500. The molecule has 5 atom stereocenters. The van der Waals surface area contributed by atoms with Crippen molar-refractivity contribution in [1.82, 2.24) is 4.98 Å². The summed E-state index contributed by atoms with van der Waals surface area (Å²) in [6, 6.07) is 3.24. The lowest BCUT2D eigenvalue weighted by Gasteiger charge is -2.19. The van der Waals surface area contributed by atoms with Crippen molar-refractivity contribution in [2.45, 2.75) is 57.3 Å². The van der Waals surface area contributed by atoms with Crippen molar-refractivity contribution in [3.05, 3.63) is 54.4 Å². The van der Waals surface area contributed by atoms with Gasteiger partial charge in [-0.25, -0.2) is 9.59 Å². The monoisotopic (exact) mass is 385 g/mol. The van der Waals surface area contributed by atoms with E-state index in [-0.39, 0.29) is 30.0 Å². The van der Waals surface area contributed by atoms with Crippen molar-refractivity contribution in [2.24, 2.45) is 11.8 Å². The number of aliphatic hydroxyl groups excluding tert-OH is 1. The van der Waals surface area contributed by atoms with Crippen LogP contribution in [0.5, 0.6) is 0 Å². The minimum absolute atomic E-state index is 0.0871. The molecule has 0 radical (unpaired) electrons. The predicted octanol–water partition coefficient (Wildman–Crippen LogP) is 3.22. The molecule has 3 rings (SSSR count). The molecule has 0 bridgehead atoms. The first-order valence-electron chi connectivity index (χ1n) is 9.87. The molecule has 0 spiro atoms. The van der Waals surface area contributed by atoms with E-state index in [0.29, 0.717) is 18.4 Å². The number of hydrogen-bond donors (Lipinski definition) is 1. The van der Waals surface area contributed by atoms with Crippen LogP contribution in [0.4, 0.5) is 0 Å². The standard InChI is InChI=1S/C22H27NO5/c1-15-5-3-2-4-6-17-13-18(28-22(26)16-9-11-23-12-10-16)14-19(17)20(24)7-8-21(25)27-15/h4,6-12,15,17-20,24H,2-3,5,13-14H2,1H3/b6-4+,8-7+/t15-,17+,18-,19+,20+/m0/s1. The van der Waals surface area contributed by atoms with Gasteiger partial charge in [0.25, 0.3) is 0 Å². The van der Waals surface area contributed by atoms with Crippen LogP contribution in [-0.2, 0) is 14.3 Å². The Bertz CT molecular complexity index is 730. The van der Waals surface area contributed by atoms with Gasteiger partial charge in [-0.3, -0.25) is 4.98 Å². The molecule has 2 heterocycles. The predicted molar refractivity (Wildman–Crippen MR) is 103 cm³/mol. The summed E-state index contributed by atoms with van der Waals surface area (Å²) >= 11 is 0. The Balaban J connectivity index is 1.69. The molecular weight excluding hydrogens is 358 g/mol. The molecule has 1 aliphatic heterocycles. The van der Waals surface area contributed by atoms with Crippen molar-refractivity contribution in [3.63, 3.8) is 0 Å². The topological polar surface area (TPSA) is 85.7 Å². The number of ether oxygens (including phenoxy) is 2. The highest BCUT2D eigenvalue weighted by Gasteiger charge is 2.38. The molecule has 1 saturated carbocycles. The van der Waals surface area contributed by atoms with Crippen molar-refractivity contribution in [3.8, 4) is 0 Å². The number of nitrogens with zero attached hydrogens (tertiary/aromatic N) is 1. The van der Waals surface area contributed by atoms with Gasteiger partial charge in [-0.05, 0) is 69.1 Å². The lowest BCUT2D eigenvalue weighted by Crippen LogP contribution is -2.22. The van der Waals surface area contributed by atoms with Crippen LogP contribution in [0, 0.1) is 11.8 Å². The second-order valence-electron chi connectivity index (χ2n) is 7.52. The average Bonchev–Trinajstić information content (AvgIpc) is 3.08. The van der Waals surface area contributed by atoms with Gasteiger partial charge in [0.15, 0.2) is 0 Å². The van der Waals surface area contributed by atoms with E-state index < -0.39 is 12.1 Å². The van der Waals surface area contributed by atoms with E-state index in [2.05, 4.69) is 17.1 Å². The van der Waals surface area contributed by atoms with E-state index >= 15 is 0 Å². The van der Waals surface area contributed by atoms with Gasteiger partial charge in [0.1, 0.15) is 6.10 Å². The first-order chi connectivity index (χ1) is 13.5. The summed E-state index contributed by atoms with van der Waals surface area (Å²) in [5.41, 5.74) is 0.463. The Morgan fingerprint density at radius 2 is 2.04 bits per heavy atom. The van der Waals surface area contributed by atoms with Gasteiger partial charge in [-0.15, -0.1) is 0 Å². The highest BCUT2D eigenvalue weighted by molar-refractivity contribution is 5.89. The molecule has 0 unspecified atom stereocenters. The number of rotatable bonds is 2. The van der Waals surface area contributed by atoms with Crippen molar-refractivity contribution in [2.75, 3.05) is 0 Å². The summed E-state index contributed by atoms with van der Waals surface area (Å²) in [4.78, 5) is 28.1. The second kappa shape index (κ2) is 9.64. The zero-order chi connectivity index (χ0) is 19.9. The molecule has 6 nitrogen and oxygen atoms in total. The van der Waals surface area contributed by atoms with Gasteiger partial charge < -0.3 is 14.6 Å². The lowest BCUT2D eigenvalue weighted by atomic mass is 9.90. The third kappa shape index (κ3) is 5.52. The quantitative estimate of drug-likeness (QED) is 0.621. The number of hydrogen-bond acceptors (Lipinski definition) is 6. The maximum absolute atomic E-state index is 12.3. The van der Waals surface area contributed by atoms with Crippen molar-refractivity contribution in [1.29, 1.82) is 0 Å². The van der Waals surface area contributed by atoms with Crippen LogP contribution in [0.25, 0.3) is 0 Å². The van der Waals surface area contributed by atoms with Gasteiger partial charge in [0, 0.05) is 18.5 Å². The summed E-state index contributed by atoms with van der Waals surface area (Å²) in [5.74, 6) is -0.848. The van der Waals surface area contributed by atoms with Crippen molar-refractivity contribution >= 4 is 11.9 Å². The molecule has 1 aliphatic carbocycles. The van der Waals surface area contributed by atoms with Crippen LogP contribution >= 0.6 is 0 Å². The molecule has 0 saturated heterocycles. The van der Waals surface area contributed by atoms with Gasteiger partial charge in [0.05, 0.1) is 17.8 Å². The molecule has 1 aromatic rings. The molecule has 2 aliphatic rings. The summed E-state index contributed by atoms with van der Waals surface area (Å²) in [6.45, 7) is 1.88. The summed E-state index contributed by atoms with van der Waals surface area (Å²) in [5, 5.41) is 10.6. The van der Waals surface area contributed by atoms with Gasteiger partial charge in [0.2, 0.25) is 0 Å². The zero-order valence-corrected chi connectivity index (χ0v) is 16.1. The summed E-state index contributed by atoms with van der Waals surface area (Å²) < 4.78 is 11.0. The summed E-state index contributed by atoms with van der Waals surface area (Å²) in [7, 11) is 0. The maximum Gasteiger partial charge on any atom is 0.338 e. The number of esters is 2. The first kappa shape index (κ1) is 20.3. The number of carbonyl (C=O) groups excluding carboxylic acids is 2. The zero-order valence-electron chi connectivity index (χ0n) is 16.1. The summed E-state index contributed by atoms with van der Waals surface area (Å²) in [6.07, 6.45) is 12.7. The SMILES string of the molecule is C[C@H]1CCC/C=C/[C@@H]2C[C@H](OC(=O)c3ccncc3)C[C@H]2[C@H](O)/C=C/C(=O)O1. The van der Waals surface area contributed by atoms with Crippen LogP contribution in [0.2, 0.25) is 0 Å². The molecule has 1 fully saturated rings. The smallest absolute Gasteiger partial charge is 0.338 e. The van der Waals surface area contributed by atoms with E-state index in [1.54, 1.807) is 24.5 Å². The third-order valence-electron chi connectivity index (χ3n) is 5.36. The van der Waals surface area contributed by atoms with Crippen LogP contribution < -0.4 is 0 Å². The van der Waals surface area contributed by atoms with E-state index in [0.717, 1.165) is 19.3 Å². The number of aliphatic hydroxyl groups is 1. The largest absolute Gasteiger partial charge is 0.460 e. The molecule has 150 valence electrons. The highest BCUT2D eigenvalue weighted by atomic mass is 16.5. The maximum atomic E-state index is 12.3. The normalized spacial score (nSPS) is 33.4. The Morgan fingerprint density at radius 1 is 1.25 bits per heavy atom. The van der Waals surface area contributed by atoms with Gasteiger partial charge in [-0.1, -0.05) is 12.2 Å². The Labute approximate surface area is 165 Å². The number of cyclic esters (lactones) is 1. The van der Waals surface area contributed by atoms with Crippen molar-refractivity contribution < 1.29 is 24.2 Å². The van der Waals surface area contributed by atoms with E-state index in [4.69, 9.17) is 9.47 Å². The molecule has 1 N–H and O–H groups in total. The average molecular weight is 385 g/mol. The third-order valence-corrected chi connectivity index (χ3v) is 5.36. The molecule has 28 heavy (non-hydrogen) atoms. The molecular formula is C22H27NO5. The number of fused-ring (bicyclic) bond motifs is 1. The van der Waals surface area contributed by atoms with Gasteiger partial charge in [-0.2, -0.15) is 0 Å².